The fourth-order valence-corrected chi connectivity index (χ4v) is 3.58. The van der Waals surface area contributed by atoms with Gasteiger partial charge in [-0.05, 0) is 25.5 Å². The van der Waals surface area contributed by atoms with Gasteiger partial charge in [-0.25, -0.2) is 4.98 Å². The van der Waals surface area contributed by atoms with E-state index in [1.807, 2.05) is 68.1 Å². The number of carbonyl (C=O) groups excluding carboxylic acids is 1. The first-order valence-electron chi connectivity index (χ1n) is 7.46. The van der Waals surface area contributed by atoms with Gasteiger partial charge in [0.1, 0.15) is 11.9 Å². The van der Waals surface area contributed by atoms with Gasteiger partial charge in [-0.15, -0.1) is 11.3 Å². The van der Waals surface area contributed by atoms with Crippen molar-refractivity contribution in [3.05, 3.63) is 75.5 Å². The Morgan fingerprint density at radius 2 is 2.00 bits per heavy atom. The molecule has 1 aromatic carbocycles. The van der Waals surface area contributed by atoms with Gasteiger partial charge in [0.15, 0.2) is 0 Å². The highest BCUT2D eigenvalue weighted by Gasteiger charge is 2.22. The van der Waals surface area contributed by atoms with Crippen molar-refractivity contribution >= 4 is 17.2 Å². The molecule has 0 radical (unpaired) electrons. The molecule has 1 atom stereocenters. The second-order valence-electron chi connectivity index (χ2n) is 5.54. The molecular weight excluding hydrogens is 306 g/mol. The lowest BCUT2D eigenvalue weighted by Gasteiger charge is -2.19. The first-order chi connectivity index (χ1) is 11.1. The van der Waals surface area contributed by atoms with Gasteiger partial charge in [-0.2, -0.15) is 0 Å². The summed E-state index contributed by atoms with van der Waals surface area (Å²) in [6.45, 7) is 3.99. The zero-order valence-electron chi connectivity index (χ0n) is 13.4. The molecule has 118 valence electrons. The molecule has 4 nitrogen and oxygen atoms in total. The average Bonchev–Trinajstić information content (AvgIpc) is 3.11. The Balaban J connectivity index is 1.95. The van der Waals surface area contributed by atoms with E-state index < -0.39 is 0 Å². The van der Waals surface area contributed by atoms with E-state index in [2.05, 4.69) is 10.3 Å². The Hall–Kier alpha value is -2.40. The molecular formula is C18H19N3OS. The van der Waals surface area contributed by atoms with Gasteiger partial charge in [0.2, 0.25) is 0 Å². The molecule has 3 aromatic rings. The lowest BCUT2D eigenvalue weighted by Crippen LogP contribution is -2.31. The number of imidazole rings is 1. The Bertz CT molecular complexity index is 820. The van der Waals surface area contributed by atoms with Crippen molar-refractivity contribution in [2.75, 3.05) is 0 Å². The lowest BCUT2D eigenvalue weighted by atomic mass is 10.1. The van der Waals surface area contributed by atoms with Crippen LogP contribution in [-0.2, 0) is 7.05 Å². The van der Waals surface area contributed by atoms with Crippen LogP contribution in [0.3, 0.4) is 0 Å². The molecule has 3 rings (SSSR count). The van der Waals surface area contributed by atoms with Gasteiger partial charge in [0, 0.05) is 29.2 Å². The minimum Gasteiger partial charge on any atom is -0.338 e. The maximum atomic E-state index is 12.7. The van der Waals surface area contributed by atoms with Crippen LogP contribution in [0, 0.1) is 13.8 Å². The summed E-state index contributed by atoms with van der Waals surface area (Å²) >= 11 is 1.64. The SMILES string of the molecule is Cc1cc(C(=O)N[C@H](c2ccccc2)c2nccn2C)c(C)s1. The standard InChI is InChI=1S/C18H19N3OS/c1-12-11-15(13(2)23-12)18(22)20-16(14-7-5-4-6-8-14)17-19-9-10-21(17)3/h4-11,16H,1-3H3,(H,20,22)/t16-/m1/s1. The van der Waals surface area contributed by atoms with E-state index in [9.17, 15) is 4.79 Å². The summed E-state index contributed by atoms with van der Waals surface area (Å²) < 4.78 is 1.93. The first kappa shape index (κ1) is 15.5. The van der Waals surface area contributed by atoms with E-state index >= 15 is 0 Å². The summed E-state index contributed by atoms with van der Waals surface area (Å²) in [5.74, 6) is 0.748. The third kappa shape index (κ3) is 3.19. The Labute approximate surface area is 139 Å². The summed E-state index contributed by atoms with van der Waals surface area (Å²) in [5.41, 5.74) is 1.75. The van der Waals surface area contributed by atoms with E-state index in [-0.39, 0.29) is 11.9 Å². The number of carbonyl (C=O) groups is 1. The van der Waals surface area contributed by atoms with Crippen molar-refractivity contribution in [2.45, 2.75) is 19.9 Å². The molecule has 0 aliphatic rings. The van der Waals surface area contributed by atoms with Crippen molar-refractivity contribution in [2.24, 2.45) is 7.05 Å². The van der Waals surface area contributed by atoms with E-state index in [4.69, 9.17) is 0 Å². The van der Waals surface area contributed by atoms with Gasteiger partial charge in [0.25, 0.3) is 5.91 Å². The van der Waals surface area contributed by atoms with Crippen LogP contribution in [0.1, 0.15) is 37.5 Å². The van der Waals surface area contributed by atoms with Crippen LogP contribution in [-0.4, -0.2) is 15.5 Å². The van der Waals surface area contributed by atoms with E-state index in [1.165, 1.54) is 0 Å². The van der Waals surface area contributed by atoms with Crippen LogP contribution in [0.25, 0.3) is 0 Å². The number of benzene rings is 1. The zero-order valence-corrected chi connectivity index (χ0v) is 14.2. The second-order valence-corrected chi connectivity index (χ2v) is 7.00. The highest BCUT2D eigenvalue weighted by Crippen LogP contribution is 2.24. The fraction of sp³-hybridized carbons (Fsp3) is 0.222. The minimum atomic E-state index is -0.275. The number of rotatable bonds is 4. The fourth-order valence-electron chi connectivity index (χ4n) is 2.66. The van der Waals surface area contributed by atoms with Crippen LogP contribution in [0.2, 0.25) is 0 Å². The normalized spacial score (nSPS) is 12.1. The second kappa shape index (κ2) is 6.38. The van der Waals surface area contributed by atoms with Crippen molar-refractivity contribution in [1.82, 2.24) is 14.9 Å². The molecule has 1 amide bonds. The first-order valence-corrected chi connectivity index (χ1v) is 8.28. The van der Waals surface area contributed by atoms with Gasteiger partial charge < -0.3 is 9.88 Å². The predicted octanol–water partition coefficient (Wildman–Crippen LogP) is 3.62. The smallest absolute Gasteiger partial charge is 0.253 e. The monoisotopic (exact) mass is 325 g/mol. The third-order valence-electron chi connectivity index (χ3n) is 3.81. The van der Waals surface area contributed by atoms with Gasteiger partial charge in [-0.3, -0.25) is 4.79 Å². The molecule has 0 spiro atoms. The molecule has 0 bridgehead atoms. The van der Waals surface area contributed by atoms with Crippen molar-refractivity contribution in [3.8, 4) is 0 Å². The maximum Gasteiger partial charge on any atom is 0.253 e. The van der Waals surface area contributed by atoms with Gasteiger partial charge >= 0.3 is 0 Å². The summed E-state index contributed by atoms with van der Waals surface area (Å²) in [4.78, 5) is 19.3. The van der Waals surface area contributed by atoms with Crippen LogP contribution in [0.5, 0.6) is 0 Å². The number of hydrogen-bond donors (Lipinski definition) is 1. The molecule has 0 fully saturated rings. The quantitative estimate of drug-likeness (QED) is 0.796. The van der Waals surface area contributed by atoms with Crippen LogP contribution in [0.4, 0.5) is 0 Å². The number of nitrogens with one attached hydrogen (secondary N) is 1. The number of aryl methyl sites for hydroxylation is 3. The van der Waals surface area contributed by atoms with Crippen molar-refractivity contribution < 1.29 is 4.79 Å². The third-order valence-corrected chi connectivity index (χ3v) is 4.78. The van der Waals surface area contributed by atoms with Crippen LogP contribution < -0.4 is 5.32 Å². The number of thiophene rings is 1. The summed E-state index contributed by atoms with van der Waals surface area (Å²) in [5, 5.41) is 3.13. The molecule has 1 N–H and O–H groups in total. The summed E-state index contributed by atoms with van der Waals surface area (Å²) in [6, 6.07) is 11.6. The highest BCUT2D eigenvalue weighted by molar-refractivity contribution is 7.12. The molecule has 0 saturated heterocycles. The summed E-state index contributed by atoms with van der Waals surface area (Å²) in [6.07, 6.45) is 3.63. The predicted molar refractivity (Wildman–Crippen MR) is 92.8 cm³/mol. The van der Waals surface area contributed by atoms with Gasteiger partial charge in [0.05, 0.1) is 5.56 Å². The topological polar surface area (TPSA) is 46.9 Å². The van der Waals surface area contributed by atoms with Crippen molar-refractivity contribution in [1.29, 1.82) is 0 Å². The molecule has 2 heterocycles. The molecule has 0 aliphatic carbocycles. The molecule has 23 heavy (non-hydrogen) atoms. The molecule has 5 heteroatoms. The Morgan fingerprint density at radius 3 is 2.57 bits per heavy atom. The average molecular weight is 325 g/mol. The molecule has 0 aliphatic heterocycles. The minimum absolute atomic E-state index is 0.0660. The Morgan fingerprint density at radius 1 is 1.26 bits per heavy atom. The van der Waals surface area contributed by atoms with E-state index in [0.29, 0.717) is 0 Å². The van der Waals surface area contributed by atoms with E-state index in [0.717, 1.165) is 26.7 Å². The van der Waals surface area contributed by atoms with Crippen LogP contribution in [0.15, 0.2) is 48.8 Å². The summed E-state index contributed by atoms with van der Waals surface area (Å²) in [7, 11) is 1.93. The number of aromatic nitrogens is 2. The zero-order chi connectivity index (χ0) is 16.4. The number of hydrogen-bond acceptors (Lipinski definition) is 3. The van der Waals surface area contributed by atoms with Gasteiger partial charge in [-0.1, -0.05) is 30.3 Å². The lowest BCUT2D eigenvalue weighted by molar-refractivity contribution is 0.0941. The van der Waals surface area contributed by atoms with Crippen molar-refractivity contribution in [3.63, 3.8) is 0 Å². The largest absolute Gasteiger partial charge is 0.338 e. The molecule has 0 saturated carbocycles. The number of amides is 1. The Kier molecular flexibility index (Phi) is 4.30. The van der Waals surface area contributed by atoms with E-state index in [1.54, 1.807) is 17.5 Å². The van der Waals surface area contributed by atoms with Crippen LogP contribution >= 0.6 is 11.3 Å². The highest BCUT2D eigenvalue weighted by atomic mass is 32.1. The maximum absolute atomic E-state index is 12.7. The molecule has 0 unspecified atom stereocenters. The number of nitrogens with zero attached hydrogens (tertiary/aromatic N) is 2. The molecule has 2 aromatic heterocycles.